The van der Waals surface area contributed by atoms with E-state index < -0.39 is 0 Å². The summed E-state index contributed by atoms with van der Waals surface area (Å²) in [6.07, 6.45) is 10.9. The molecule has 1 amide bonds. The minimum atomic E-state index is 0.174. The summed E-state index contributed by atoms with van der Waals surface area (Å²) in [5, 5.41) is 5.18. The molecule has 0 unspecified atom stereocenters. The average Bonchev–Trinajstić information content (AvgIpc) is 3.01. The summed E-state index contributed by atoms with van der Waals surface area (Å²) >= 11 is 1.50. The lowest BCUT2D eigenvalue weighted by atomic mass is 9.95. The number of aryl methyl sites for hydroxylation is 2. The van der Waals surface area contributed by atoms with Crippen molar-refractivity contribution in [2.75, 3.05) is 13.3 Å². The number of hydrogen-bond acceptors (Lipinski definition) is 5. The van der Waals surface area contributed by atoms with Crippen LogP contribution in [-0.2, 0) is 11.2 Å². The van der Waals surface area contributed by atoms with E-state index in [-0.39, 0.29) is 5.91 Å². The Kier molecular flexibility index (Phi) is 6.16. The highest BCUT2D eigenvalue weighted by atomic mass is 32.2. The standard InChI is InChI=1S/C19H29N5OS/c1-13-16(14(2)24-18(20-13)21-19(22-24)26-4)12-17(25)23(3)15-10-8-6-5-7-9-11-15/h15H,5-12H2,1-4H3. The van der Waals surface area contributed by atoms with Crippen molar-refractivity contribution in [2.24, 2.45) is 0 Å². The number of carbonyl (C=O) groups is 1. The molecule has 3 rings (SSSR count). The minimum absolute atomic E-state index is 0.174. The summed E-state index contributed by atoms with van der Waals surface area (Å²) in [5.41, 5.74) is 2.80. The largest absolute Gasteiger partial charge is 0.342 e. The molecule has 2 aromatic rings. The third kappa shape index (κ3) is 4.03. The molecule has 1 saturated carbocycles. The summed E-state index contributed by atoms with van der Waals surface area (Å²) in [7, 11) is 1.96. The maximum atomic E-state index is 13.0. The van der Waals surface area contributed by atoms with Crippen LogP contribution in [0.3, 0.4) is 0 Å². The Bertz CT molecular complexity index is 780. The van der Waals surface area contributed by atoms with Crippen molar-refractivity contribution < 1.29 is 4.79 Å². The zero-order valence-corrected chi connectivity index (χ0v) is 17.1. The number of amides is 1. The van der Waals surface area contributed by atoms with E-state index in [1.165, 1.54) is 43.9 Å². The molecule has 1 aliphatic rings. The topological polar surface area (TPSA) is 63.4 Å². The summed E-state index contributed by atoms with van der Waals surface area (Å²) in [6, 6.07) is 0.370. The summed E-state index contributed by atoms with van der Waals surface area (Å²) < 4.78 is 1.76. The van der Waals surface area contributed by atoms with Crippen molar-refractivity contribution in [2.45, 2.75) is 76.4 Å². The van der Waals surface area contributed by atoms with Crippen LogP contribution in [0.15, 0.2) is 5.16 Å². The van der Waals surface area contributed by atoms with Crippen molar-refractivity contribution in [1.82, 2.24) is 24.5 Å². The van der Waals surface area contributed by atoms with Crippen LogP contribution in [0.25, 0.3) is 5.78 Å². The first-order valence-corrected chi connectivity index (χ1v) is 10.8. The first-order valence-electron chi connectivity index (χ1n) is 9.53. The van der Waals surface area contributed by atoms with Gasteiger partial charge in [-0.3, -0.25) is 4.79 Å². The molecule has 2 heterocycles. The highest BCUT2D eigenvalue weighted by molar-refractivity contribution is 7.98. The van der Waals surface area contributed by atoms with Crippen LogP contribution >= 0.6 is 11.8 Å². The molecule has 0 N–H and O–H groups in total. The first kappa shape index (κ1) is 19.1. The predicted octanol–water partition coefficient (Wildman–Crippen LogP) is 3.58. The van der Waals surface area contributed by atoms with E-state index in [2.05, 4.69) is 15.1 Å². The number of nitrogens with zero attached hydrogens (tertiary/aromatic N) is 5. The second-order valence-corrected chi connectivity index (χ2v) is 8.03. The van der Waals surface area contributed by atoms with E-state index in [0.29, 0.717) is 23.4 Å². The summed E-state index contributed by atoms with van der Waals surface area (Å²) in [6.45, 7) is 3.96. The van der Waals surface area contributed by atoms with Gasteiger partial charge in [-0.1, -0.05) is 43.9 Å². The maximum Gasteiger partial charge on any atom is 0.253 e. The molecule has 26 heavy (non-hydrogen) atoms. The third-order valence-corrected chi connectivity index (χ3v) is 6.09. The van der Waals surface area contributed by atoms with Crippen LogP contribution in [-0.4, -0.2) is 49.7 Å². The highest BCUT2D eigenvalue weighted by Gasteiger charge is 2.23. The molecule has 0 bridgehead atoms. The number of fused-ring (bicyclic) bond motifs is 1. The van der Waals surface area contributed by atoms with E-state index >= 15 is 0 Å². The first-order chi connectivity index (χ1) is 12.5. The highest BCUT2D eigenvalue weighted by Crippen LogP contribution is 2.22. The Labute approximate surface area is 159 Å². The number of aromatic nitrogens is 4. The molecule has 0 aromatic carbocycles. The predicted molar refractivity (Wildman–Crippen MR) is 105 cm³/mol. The van der Waals surface area contributed by atoms with Gasteiger partial charge in [0.15, 0.2) is 0 Å². The van der Waals surface area contributed by atoms with E-state index in [0.717, 1.165) is 29.8 Å². The molecule has 142 valence electrons. The zero-order valence-electron chi connectivity index (χ0n) is 16.3. The van der Waals surface area contributed by atoms with Gasteiger partial charge in [0, 0.05) is 30.0 Å². The fourth-order valence-electron chi connectivity index (χ4n) is 3.83. The Morgan fingerprint density at radius 1 is 1.15 bits per heavy atom. The molecular weight excluding hydrogens is 346 g/mol. The van der Waals surface area contributed by atoms with Gasteiger partial charge in [-0.25, -0.2) is 9.50 Å². The van der Waals surface area contributed by atoms with Gasteiger partial charge in [0.2, 0.25) is 11.1 Å². The maximum absolute atomic E-state index is 13.0. The molecular formula is C19H29N5OS. The molecule has 0 atom stereocenters. The van der Waals surface area contributed by atoms with Crippen LogP contribution < -0.4 is 0 Å². The lowest BCUT2D eigenvalue weighted by Gasteiger charge is -2.30. The number of likely N-dealkylation sites (N-methyl/N-ethyl adjacent to an activating group) is 1. The van der Waals surface area contributed by atoms with E-state index in [1.807, 2.05) is 32.1 Å². The van der Waals surface area contributed by atoms with Gasteiger partial charge in [-0.2, -0.15) is 4.98 Å². The van der Waals surface area contributed by atoms with Crippen molar-refractivity contribution in [3.05, 3.63) is 17.0 Å². The minimum Gasteiger partial charge on any atom is -0.342 e. The average molecular weight is 376 g/mol. The third-order valence-electron chi connectivity index (χ3n) is 5.56. The number of hydrogen-bond donors (Lipinski definition) is 0. The van der Waals surface area contributed by atoms with Crippen LogP contribution in [0.2, 0.25) is 0 Å². The molecule has 0 aliphatic heterocycles. The Balaban J connectivity index is 1.79. The van der Waals surface area contributed by atoms with Crippen molar-refractivity contribution >= 4 is 23.4 Å². The molecule has 1 fully saturated rings. The monoisotopic (exact) mass is 375 g/mol. The molecule has 0 saturated heterocycles. The van der Waals surface area contributed by atoms with Gasteiger partial charge in [-0.15, -0.1) is 5.10 Å². The van der Waals surface area contributed by atoms with Gasteiger partial charge in [0.05, 0.1) is 6.42 Å². The number of carbonyl (C=O) groups excluding carboxylic acids is 1. The lowest BCUT2D eigenvalue weighted by molar-refractivity contribution is -0.131. The fraction of sp³-hybridized carbons (Fsp3) is 0.684. The van der Waals surface area contributed by atoms with Gasteiger partial charge < -0.3 is 4.90 Å². The number of thioether (sulfide) groups is 1. The van der Waals surface area contributed by atoms with Crippen LogP contribution in [0.5, 0.6) is 0 Å². The summed E-state index contributed by atoms with van der Waals surface area (Å²) in [5.74, 6) is 0.780. The zero-order chi connectivity index (χ0) is 18.7. The summed E-state index contributed by atoms with van der Waals surface area (Å²) in [4.78, 5) is 23.9. The Morgan fingerprint density at radius 2 is 1.81 bits per heavy atom. The van der Waals surface area contributed by atoms with Crippen LogP contribution in [0.1, 0.15) is 61.9 Å². The van der Waals surface area contributed by atoms with Gasteiger partial charge in [-0.05, 0) is 32.9 Å². The SMILES string of the molecule is CSc1nc2nc(C)c(CC(=O)N(C)C3CCCCCCC3)c(C)n2n1. The normalized spacial score (nSPS) is 16.5. The molecule has 2 aromatic heterocycles. The van der Waals surface area contributed by atoms with Crippen LogP contribution in [0, 0.1) is 13.8 Å². The second-order valence-electron chi connectivity index (χ2n) is 7.25. The molecule has 1 aliphatic carbocycles. The van der Waals surface area contributed by atoms with E-state index in [9.17, 15) is 4.79 Å². The van der Waals surface area contributed by atoms with Crippen LogP contribution in [0.4, 0.5) is 0 Å². The Morgan fingerprint density at radius 3 is 2.46 bits per heavy atom. The molecule has 0 radical (unpaired) electrons. The number of rotatable bonds is 4. The van der Waals surface area contributed by atoms with Crippen molar-refractivity contribution in [3.8, 4) is 0 Å². The van der Waals surface area contributed by atoms with Gasteiger partial charge in [0.1, 0.15) is 0 Å². The molecule has 6 nitrogen and oxygen atoms in total. The van der Waals surface area contributed by atoms with Gasteiger partial charge in [0.25, 0.3) is 5.78 Å². The van der Waals surface area contributed by atoms with Crippen molar-refractivity contribution in [3.63, 3.8) is 0 Å². The Hall–Kier alpha value is -1.63. The molecule has 0 spiro atoms. The molecule has 7 heteroatoms. The lowest BCUT2D eigenvalue weighted by Crippen LogP contribution is -2.38. The fourth-order valence-corrected chi connectivity index (χ4v) is 4.17. The second kappa shape index (κ2) is 8.37. The van der Waals surface area contributed by atoms with Crippen molar-refractivity contribution in [1.29, 1.82) is 0 Å². The smallest absolute Gasteiger partial charge is 0.253 e. The van der Waals surface area contributed by atoms with Gasteiger partial charge >= 0.3 is 0 Å². The quantitative estimate of drug-likeness (QED) is 0.764. The van der Waals surface area contributed by atoms with E-state index in [1.54, 1.807) is 4.52 Å². The van der Waals surface area contributed by atoms with E-state index in [4.69, 9.17) is 0 Å².